The Morgan fingerprint density at radius 2 is 2.00 bits per heavy atom. The van der Waals surface area contributed by atoms with Crippen LogP contribution in [0.2, 0.25) is 0 Å². The molecule has 0 amide bonds. The Bertz CT molecular complexity index is 446. The van der Waals surface area contributed by atoms with Gasteiger partial charge in [0, 0.05) is 11.6 Å². The fraction of sp³-hybridized carbons (Fsp3) is 0.500. The van der Waals surface area contributed by atoms with Crippen LogP contribution in [0.1, 0.15) is 43.4 Å². The van der Waals surface area contributed by atoms with E-state index < -0.39 is 18.1 Å². The lowest BCUT2D eigenvalue weighted by atomic mass is 9.95. The molecule has 0 saturated heterocycles. The zero-order valence-electron chi connectivity index (χ0n) is 11.6. The molecule has 1 aromatic carbocycles. The van der Waals surface area contributed by atoms with Crippen molar-refractivity contribution >= 4 is 5.97 Å². The van der Waals surface area contributed by atoms with Crippen molar-refractivity contribution in [2.24, 2.45) is 11.5 Å². The lowest BCUT2D eigenvalue weighted by Crippen LogP contribution is -2.33. The first kappa shape index (κ1) is 15.5. The molecule has 0 bridgehead atoms. The van der Waals surface area contributed by atoms with Gasteiger partial charge in [0.1, 0.15) is 11.8 Å². The molecule has 1 aromatic rings. The lowest BCUT2D eigenvalue weighted by molar-refractivity contribution is -0.138. The number of carboxylic acids is 1. The summed E-state index contributed by atoms with van der Waals surface area (Å²) >= 11 is 0. The smallest absolute Gasteiger partial charge is 0.320 e. The molecule has 106 valence electrons. The number of benzene rings is 1. The number of carboxylic acid groups (broad SMARTS) is 1. The predicted molar refractivity (Wildman–Crippen MR) is 74.2 cm³/mol. The van der Waals surface area contributed by atoms with E-state index in [2.05, 4.69) is 13.8 Å². The number of aliphatic carboxylic acids is 1. The topological polar surface area (TPSA) is 98.6 Å². The second-order valence-corrected chi connectivity index (χ2v) is 4.94. The maximum atomic E-state index is 10.8. The largest absolute Gasteiger partial charge is 0.496 e. The van der Waals surface area contributed by atoms with Crippen LogP contribution in [-0.4, -0.2) is 24.2 Å². The van der Waals surface area contributed by atoms with Crippen LogP contribution < -0.4 is 16.2 Å². The third kappa shape index (κ3) is 3.94. The van der Waals surface area contributed by atoms with Gasteiger partial charge in [-0.3, -0.25) is 4.79 Å². The molecule has 0 saturated carbocycles. The fourth-order valence-electron chi connectivity index (χ4n) is 1.89. The van der Waals surface area contributed by atoms with Crippen LogP contribution in [0.25, 0.3) is 0 Å². The molecule has 0 fully saturated rings. The van der Waals surface area contributed by atoms with Gasteiger partial charge in [0.05, 0.1) is 7.11 Å². The van der Waals surface area contributed by atoms with Crippen molar-refractivity contribution < 1.29 is 14.6 Å². The molecular formula is C14H22N2O3. The maximum Gasteiger partial charge on any atom is 0.320 e. The highest BCUT2D eigenvalue weighted by Crippen LogP contribution is 2.29. The van der Waals surface area contributed by atoms with Gasteiger partial charge in [-0.2, -0.15) is 0 Å². The predicted octanol–water partition coefficient (Wildman–Crippen LogP) is 1.62. The van der Waals surface area contributed by atoms with E-state index in [1.807, 2.05) is 18.2 Å². The SMILES string of the molecule is COc1cc(C(C)C)ccc1C(N)CC(N)C(=O)O. The Labute approximate surface area is 113 Å². The molecule has 0 aliphatic heterocycles. The molecule has 5 nitrogen and oxygen atoms in total. The van der Waals surface area contributed by atoms with Gasteiger partial charge in [-0.25, -0.2) is 0 Å². The Balaban J connectivity index is 2.96. The van der Waals surface area contributed by atoms with Gasteiger partial charge in [-0.05, 0) is 24.0 Å². The highest BCUT2D eigenvalue weighted by Gasteiger charge is 2.20. The monoisotopic (exact) mass is 266 g/mol. The van der Waals surface area contributed by atoms with Crippen molar-refractivity contribution in [3.05, 3.63) is 29.3 Å². The van der Waals surface area contributed by atoms with E-state index in [4.69, 9.17) is 21.3 Å². The third-order valence-corrected chi connectivity index (χ3v) is 3.15. The summed E-state index contributed by atoms with van der Waals surface area (Å²) in [6, 6.07) is 4.38. The summed E-state index contributed by atoms with van der Waals surface area (Å²) < 4.78 is 5.33. The molecule has 1 rings (SSSR count). The van der Waals surface area contributed by atoms with Crippen LogP contribution in [0.4, 0.5) is 0 Å². The fourth-order valence-corrected chi connectivity index (χ4v) is 1.89. The minimum absolute atomic E-state index is 0.173. The van der Waals surface area contributed by atoms with Crippen molar-refractivity contribution in [1.29, 1.82) is 0 Å². The van der Waals surface area contributed by atoms with Crippen LogP contribution in [0.15, 0.2) is 18.2 Å². The number of carbonyl (C=O) groups is 1. The summed E-state index contributed by atoms with van der Waals surface area (Å²) in [5.41, 5.74) is 13.4. The van der Waals surface area contributed by atoms with Crippen molar-refractivity contribution in [2.45, 2.75) is 38.3 Å². The highest BCUT2D eigenvalue weighted by molar-refractivity contribution is 5.73. The second kappa shape index (κ2) is 6.54. The summed E-state index contributed by atoms with van der Waals surface area (Å²) in [6.07, 6.45) is 0.173. The number of nitrogens with two attached hydrogens (primary N) is 2. The molecule has 0 radical (unpaired) electrons. The first-order valence-electron chi connectivity index (χ1n) is 6.28. The Kier molecular flexibility index (Phi) is 5.32. The van der Waals surface area contributed by atoms with E-state index in [1.54, 1.807) is 7.11 Å². The summed E-state index contributed by atoms with van der Waals surface area (Å²) in [4.78, 5) is 10.8. The van der Waals surface area contributed by atoms with Gasteiger partial charge in [0.2, 0.25) is 0 Å². The number of hydrogen-bond acceptors (Lipinski definition) is 4. The average molecular weight is 266 g/mol. The minimum Gasteiger partial charge on any atom is -0.496 e. The summed E-state index contributed by atoms with van der Waals surface area (Å²) in [7, 11) is 1.58. The number of methoxy groups -OCH3 is 1. The first-order valence-corrected chi connectivity index (χ1v) is 6.28. The standard InChI is InChI=1S/C14H22N2O3/c1-8(2)9-4-5-10(13(6-9)19-3)11(15)7-12(16)14(17)18/h4-6,8,11-12H,7,15-16H2,1-3H3,(H,17,18). The van der Waals surface area contributed by atoms with E-state index in [-0.39, 0.29) is 6.42 Å². The van der Waals surface area contributed by atoms with Crippen LogP contribution >= 0.6 is 0 Å². The zero-order valence-corrected chi connectivity index (χ0v) is 11.6. The van der Waals surface area contributed by atoms with E-state index in [9.17, 15) is 4.79 Å². The summed E-state index contributed by atoms with van der Waals surface area (Å²) in [5.74, 6) is 0.0185. The second-order valence-electron chi connectivity index (χ2n) is 4.94. The van der Waals surface area contributed by atoms with Crippen molar-refractivity contribution in [1.82, 2.24) is 0 Å². The van der Waals surface area contributed by atoms with Crippen molar-refractivity contribution in [3.8, 4) is 5.75 Å². The number of rotatable bonds is 6. The molecule has 2 unspecified atom stereocenters. The van der Waals surface area contributed by atoms with Gasteiger partial charge in [-0.15, -0.1) is 0 Å². The van der Waals surface area contributed by atoms with Crippen LogP contribution in [0, 0.1) is 0 Å². The molecule has 0 aliphatic rings. The van der Waals surface area contributed by atoms with E-state index >= 15 is 0 Å². The molecule has 0 spiro atoms. The Morgan fingerprint density at radius 1 is 1.37 bits per heavy atom. The lowest BCUT2D eigenvalue weighted by Gasteiger charge is -2.19. The Hall–Kier alpha value is -1.59. The third-order valence-electron chi connectivity index (χ3n) is 3.15. The molecule has 0 heterocycles. The zero-order chi connectivity index (χ0) is 14.6. The van der Waals surface area contributed by atoms with Crippen molar-refractivity contribution in [3.63, 3.8) is 0 Å². The highest BCUT2D eigenvalue weighted by atomic mass is 16.5. The van der Waals surface area contributed by atoms with E-state index in [1.165, 1.54) is 0 Å². The van der Waals surface area contributed by atoms with Gasteiger partial charge in [0.15, 0.2) is 0 Å². The van der Waals surface area contributed by atoms with Gasteiger partial charge in [0.25, 0.3) is 0 Å². The minimum atomic E-state index is -1.05. The molecule has 19 heavy (non-hydrogen) atoms. The van der Waals surface area contributed by atoms with Gasteiger partial charge in [-0.1, -0.05) is 26.0 Å². The quantitative estimate of drug-likeness (QED) is 0.726. The number of hydrogen-bond donors (Lipinski definition) is 3. The molecule has 0 aromatic heterocycles. The molecule has 5 N–H and O–H groups in total. The molecular weight excluding hydrogens is 244 g/mol. The summed E-state index contributed by atoms with van der Waals surface area (Å²) in [5, 5.41) is 8.81. The summed E-state index contributed by atoms with van der Waals surface area (Å²) in [6.45, 7) is 4.18. The van der Waals surface area contributed by atoms with E-state index in [0.29, 0.717) is 11.7 Å². The van der Waals surface area contributed by atoms with Crippen LogP contribution in [0.3, 0.4) is 0 Å². The van der Waals surface area contributed by atoms with Crippen LogP contribution in [-0.2, 0) is 4.79 Å². The average Bonchev–Trinajstić information content (AvgIpc) is 2.37. The number of ether oxygens (including phenoxy) is 1. The van der Waals surface area contributed by atoms with E-state index in [0.717, 1.165) is 11.1 Å². The van der Waals surface area contributed by atoms with Gasteiger partial charge >= 0.3 is 5.97 Å². The maximum absolute atomic E-state index is 10.8. The first-order chi connectivity index (χ1) is 8.86. The molecule has 0 aliphatic carbocycles. The van der Waals surface area contributed by atoms with Gasteiger partial charge < -0.3 is 21.3 Å². The molecule has 2 atom stereocenters. The van der Waals surface area contributed by atoms with Crippen LogP contribution in [0.5, 0.6) is 5.75 Å². The Morgan fingerprint density at radius 3 is 2.47 bits per heavy atom. The normalized spacial score (nSPS) is 14.2. The molecule has 5 heteroatoms. The van der Waals surface area contributed by atoms with Crippen molar-refractivity contribution in [2.75, 3.05) is 7.11 Å².